The van der Waals surface area contributed by atoms with E-state index < -0.39 is 0 Å². The summed E-state index contributed by atoms with van der Waals surface area (Å²) in [5, 5.41) is 1.43. The van der Waals surface area contributed by atoms with Crippen LogP contribution < -0.4 is 0 Å². The van der Waals surface area contributed by atoms with Gasteiger partial charge in [0.2, 0.25) is 0 Å². The molecule has 2 aromatic rings. The predicted molar refractivity (Wildman–Crippen MR) is 78.4 cm³/mol. The highest BCUT2D eigenvalue weighted by atomic mass is 32.1. The van der Waals surface area contributed by atoms with Crippen LogP contribution in [-0.2, 0) is 0 Å². The molecule has 2 aliphatic rings. The maximum atomic E-state index is 2.63. The van der Waals surface area contributed by atoms with Crippen LogP contribution in [0.25, 0.3) is 10.1 Å². The molecule has 2 atom stereocenters. The van der Waals surface area contributed by atoms with Crippen LogP contribution in [0.3, 0.4) is 0 Å². The number of benzene rings is 1. The zero-order chi connectivity index (χ0) is 12.1. The SMILES string of the molecule is CN1C2CCC1CC(c1cc3ccccc3s1)C2. The van der Waals surface area contributed by atoms with Crippen LogP contribution in [-0.4, -0.2) is 24.0 Å². The van der Waals surface area contributed by atoms with Gasteiger partial charge >= 0.3 is 0 Å². The second-order valence-electron chi connectivity index (χ2n) is 5.91. The maximum absolute atomic E-state index is 2.63. The summed E-state index contributed by atoms with van der Waals surface area (Å²) >= 11 is 2.02. The molecule has 94 valence electrons. The molecule has 0 radical (unpaired) electrons. The summed E-state index contributed by atoms with van der Waals surface area (Å²) in [4.78, 5) is 4.25. The van der Waals surface area contributed by atoms with E-state index in [0.717, 1.165) is 18.0 Å². The van der Waals surface area contributed by atoms with Crippen molar-refractivity contribution >= 4 is 21.4 Å². The molecule has 0 N–H and O–H groups in total. The van der Waals surface area contributed by atoms with Gasteiger partial charge in [0.1, 0.15) is 0 Å². The Morgan fingerprint density at radius 1 is 1.11 bits per heavy atom. The van der Waals surface area contributed by atoms with Crippen molar-refractivity contribution in [1.29, 1.82) is 0 Å². The highest BCUT2D eigenvalue weighted by Gasteiger charge is 2.39. The number of hydrogen-bond acceptors (Lipinski definition) is 2. The van der Waals surface area contributed by atoms with Gasteiger partial charge in [0, 0.05) is 21.7 Å². The van der Waals surface area contributed by atoms with E-state index in [4.69, 9.17) is 0 Å². The van der Waals surface area contributed by atoms with Crippen molar-refractivity contribution in [1.82, 2.24) is 4.90 Å². The molecule has 0 aliphatic carbocycles. The normalized spacial score (nSPS) is 32.2. The van der Waals surface area contributed by atoms with Crippen LogP contribution >= 0.6 is 11.3 Å². The van der Waals surface area contributed by atoms with E-state index >= 15 is 0 Å². The molecule has 2 heteroatoms. The molecule has 18 heavy (non-hydrogen) atoms. The van der Waals surface area contributed by atoms with Crippen LogP contribution in [0.5, 0.6) is 0 Å². The minimum absolute atomic E-state index is 0.816. The Bertz CT molecular complexity index is 526. The Morgan fingerprint density at radius 3 is 2.56 bits per heavy atom. The van der Waals surface area contributed by atoms with E-state index in [1.165, 1.54) is 35.8 Å². The van der Waals surface area contributed by atoms with Gasteiger partial charge in [-0.2, -0.15) is 0 Å². The predicted octanol–water partition coefficient (Wildman–Crippen LogP) is 4.24. The summed E-state index contributed by atoms with van der Waals surface area (Å²) in [5.41, 5.74) is 0. The molecule has 0 amide bonds. The average Bonchev–Trinajstić information content (AvgIpc) is 2.87. The molecule has 2 saturated heterocycles. The van der Waals surface area contributed by atoms with Gasteiger partial charge in [0.05, 0.1) is 0 Å². The molecule has 0 spiro atoms. The first-order valence-corrected chi connectivity index (χ1v) is 7.83. The third-order valence-corrected chi connectivity index (χ3v) is 6.22. The van der Waals surface area contributed by atoms with Gasteiger partial charge in [-0.15, -0.1) is 11.3 Å². The number of rotatable bonds is 1. The fraction of sp³-hybridized carbons (Fsp3) is 0.500. The van der Waals surface area contributed by atoms with E-state index in [1.807, 2.05) is 11.3 Å². The van der Waals surface area contributed by atoms with Crippen LogP contribution in [0.15, 0.2) is 30.3 Å². The molecule has 1 nitrogen and oxygen atoms in total. The summed E-state index contributed by atoms with van der Waals surface area (Å²) in [6.07, 6.45) is 5.59. The number of nitrogens with zero attached hydrogens (tertiary/aromatic N) is 1. The summed E-state index contributed by atoms with van der Waals surface area (Å²) in [5.74, 6) is 0.816. The minimum Gasteiger partial charge on any atom is -0.300 e. The third-order valence-electron chi connectivity index (χ3n) is 4.95. The maximum Gasteiger partial charge on any atom is 0.0345 e. The summed E-state index contributed by atoms with van der Waals surface area (Å²) in [6, 6.07) is 12.9. The van der Waals surface area contributed by atoms with Gasteiger partial charge in [-0.3, -0.25) is 0 Å². The second kappa shape index (κ2) is 4.07. The Balaban J connectivity index is 1.67. The molecule has 2 aliphatic heterocycles. The molecule has 2 unspecified atom stereocenters. The Labute approximate surface area is 112 Å². The van der Waals surface area contributed by atoms with Crippen LogP contribution in [0, 0.1) is 0 Å². The molecule has 1 aromatic heterocycles. The van der Waals surface area contributed by atoms with E-state index in [0.29, 0.717) is 0 Å². The largest absolute Gasteiger partial charge is 0.300 e. The molecule has 0 saturated carbocycles. The second-order valence-corrected chi connectivity index (χ2v) is 7.02. The van der Waals surface area contributed by atoms with Gasteiger partial charge in [0.25, 0.3) is 0 Å². The molecular formula is C16H19NS. The van der Waals surface area contributed by atoms with Crippen LogP contribution in [0.1, 0.15) is 36.5 Å². The number of thiophene rings is 1. The van der Waals surface area contributed by atoms with Crippen molar-refractivity contribution in [2.45, 2.75) is 43.7 Å². The topological polar surface area (TPSA) is 3.24 Å². The summed E-state index contributed by atoms with van der Waals surface area (Å²) < 4.78 is 1.46. The molecule has 1 aromatic carbocycles. The van der Waals surface area contributed by atoms with Crippen LogP contribution in [0.2, 0.25) is 0 Å². The van der Waals surface area contributed by atoms with E-state index in [1.54, 1.807) is 4.88 Å². The molecule has 2 bridgehead atoms. The molecular weight excluding hydrogens is 238 g/mol. The lowest BCUT2D eigenvalue weighted by molar-refractivity contribution is 0.163. The van der Waals surface area contributed by atoms with Crippen molar-refractivity contribution in [2.75, 3.05) is 7.05 Å². The molecule has 4 rings (SSSR count). The fourth-order valence-corrected chi connectivity index (χ4v) is 5.04. The third kappa shape index (κ3) is 1.63. The zero-order valence-electron chi connectivity index (χ0n) is 10.8. The fourth-order valence-electron chi connectivity index (χ4n) is 3.85. The van der Waals surface area contributed by atoms with Crippen LogP contribution in [0.4, 0.5) is 0 Å². The average molecular weight is 257 g/mol. The van der Waals surface area contributed by atoms with Crippen molar-refractivity contribution in [3.05, 3.63) is 35.2 Å². The zero-order valence-corrected chi connectivity index (χ0v) is 11.6. The number of hydrogen-bond donors (Lipinski definition) is 0. The quantitative estimate of drug-likeness (QED) is 0.738. The highest BCUT2D eigenvalue weighted by molar-refractivity contribution is 7.19. The first-order valence-electron chi connectivity index (χ1n) is 7.01. The molecule has 2 fully saturated rings. The van der Waals surface area contributed by atoms with Gasteiger partial charge in [-0.05, 0) is 56.2 Å². The minimum atomic E-state index is 0.816. The van der Waals surface area contributed by atoms with Crippen molar-refractivity contribution in [3.63, 3.8) is 0 Å². The van der Waals surface area contributed by atoms with Gasteiger partial charge in [0.15, 0.2) is 0 Å². The first-order chi connectivity index (χ1) is 8.81. The molecule has 3 heterocycles. The Kier molecular flexibility index (Phi) is 2.49. The standard InChI is InChI=1S/C16H19NS/c1-17-13-6-7-14(17)9-12(8-13)16-10-11-4-2-3-5-15(11)18-16/h2-5,10,12-14H,6-9H2,1H3. The monoisotopic (exact) mass is 257 g/mol. The Morgan fingerprint density at radius 2 is 1.83 bits per heavy atom. The van der Waals surface area contributed by atoms with Crippen molar-refractivity contribution < 1.29 is 0 Å². The smallest absolute Gasteiger partial charge is 0.0345 e. The highest BCUT2D eigenvalue weighted by Crippen LogP contribution is 2.44. The Hall–Kier alpha value is -0.860. The van der Waals surface area contributed by atoms with Gasteiger partial charge < -0.3 is 4.90 Å². The van der Waals surface area contributed by atoms with Crippen molar-refractivity contribution in [2.24, 2.45) is 0 Å². The van der Waals surface area contributed by atoms with E-state index in [2.05, 4.69) is 42.3 Å². The van der Waals surface area contributed by atoms with Crippen molar-refractivity contribution in [3.8, 4) is 0 Å². The van der Waals surface area contributed by atoms with E-state index in [9.17, 15) is 0 Å². The lowest BCUT2D eigenvalue weighted by Crippen LogP contribution is -2.38. The number of fused-ring (bicyclic) bond motifs is 3. The van der Waals surface area contributed by atoms with E-state index in [-0.39, 0.29) is 0 Å². The van der Waals surface area contributed by atoms with Gasteiger partial charge in [-0.25, -0.2) is 0 Å². The number of piperidine rings is 1. The first kappa shape index (κ1) is 11.0. The lowest BCUT2D eigenvalue weighted by atomic mass is 9.90. The summed E-state index contributed by atoms with van der Waals surface area (Å²) in [6.45, 7) is 0. The van der Waals surface area contributed by atoms with Gasteiger partial charge in [-0.1, -0.05) is 18.2 Å². The lowest BCUT2D eigenvalue weighted by Gasteiger charge is -2.35. The summed E-state index contributed by atoms with van der Waals surface area (Å²) in [7, 11) is 2.32.